The second-order valence-corrected chi connectivity index (χ2v) is 4.64. The zero-order valence-electron chi connectivity index (χ0n) is 10.0. The maximum Gasteiger partial charge on any atom is 0.322 e. The second kappa shape index (κ2) is 4.16. The molecule has 3 heteroatoms. The van der Waals surface area contributed by atoms with Gasteiger partial charge in [-0.25, -0.2) is 4.79 Å². The zero-order valence-corrected chi connectivity index (χ0v) is 10.0. The van der Waals surface area contributed by atoms with Crippen molar-refractivity contribution in [1.29, 1.82) is 0 Å². The molecule has 0 radical (unpaired) electrons. The lowest BCUT2D eigenvalue weighted by atomic mass is 10.0. The Kier molecular flexibility index (Phi) is 2.86. The van der Waals surface area contributed by atoms with Crippen LogP contribution in [0, 0.1) is 6.92 Å². The summed E-state index contributed by atoms with van der Waals surface area (Å²) in [6.07, 6.45) is 0.986. The molecule has 86 valence electrons. The molecule has 0 aliphatic carbocycles. The first-order valence-electron chi connectivity index (χ1n) is 5.74. The van der Waals surface area contributed by atoms with E-state index in [9.17, 15) is 4.79 Å². The Labute approximate surface area is 96.5 Å². The van der Waals surface area contributed by atoms with Gasteiger partial charge < -0.3 is 5.32 Å². The van der Waals surface area contributed by atoms with Gasteiger partial charge in [0.15, 0.2) is 0 Å². The largest absolute Gasteiger partial charge is 0.335 e. The van der Waals surface area contributed by atoms with Crippen molar-refractivity contribution in [1.82, 2.24) is 5.32 Å². The van der Waals surface area contributed by atoms with E-state index >= 15 is 0 Å². The number of urea groups is 1. The predicted octanol–water partition coefficient (Wildman–Crippen LogP) is 2.69. The van der Waals surface area contributed by atoms with E-state index in [-0.39, 0.29) is 18.1 Å². The minimum Gasteiger partial charge on any atom is -0.335 e. The minimum atomic E-state index is 0.00935. The first-order valence-corrected chi connectivity index (χ1v) is 5.74. The second-order valence-electron chi connectivity index (χ2n) is 4.64. The third-order valence-corrected chi connectivity index (χ3v) is 3.04. The van der Waals surface area contributed by atoms with E-state index in [1.54, 1.807) is 0 Å². The molecule has 2 unspecified atom stereocenters. The summed E-state index contributed by atoms with van der Waals surface area (Å²) in [4.78, 5) is 13.7. The highest BCUT2D eigenvalue weighted by molar-refractivity contribution is 5.93. The lowest BCUT2D eigenvalue weighted by molar-refractivity contribution is 0.232. The van der Waals surface area contributed by atoms with Crippen molar-refractivity contribution >= 4 is 11.7 Å². The summed E-state index contributed by atoms with van der Waals surface area (Å²) >= 11 is 0. The van der Waals surface area contributed by atoms with Crippen LogP contribution in [0.15, 0.2) is 24.3 Å². The zero-order chi connectivity index (χ0) is 11.7. The average molecular weight is 218 g/mol. The van der Waals surface area contributed by atoms with E-state index in [0.29, 0.717) is 0 Å². The number of hydrogen-bond donors (Lipinski definition) is 1. The molecule has 1 aliphatic rings. The smallest absolute Gasteiger partial charge is 0.322 e. The summed E-state index contributed by atoms with van der Waals surface area (Å²) in [6.45, 7) is 6.18. The molecular formula is C13H18N2O. The van der Waals surface area contributed by atoms with E-state index in [1.807, 2.05) is 43.0 Å². The molecule has 0 saturated carbocycles. The molecule has 1 N–H and O–H groups in total. The number of amides is 2. The van der Waals surface area contributed by atoms with Gasteiger partial charge in [-0.15, -0.1) is 0 Å². The van der Waals surface area contributed by atoms with Gasteiger partial charge in [-0.1, -0.05) is 17.7 Å². The van der Waals surface area contributed by atoms with Crippen LogP contribution in [0.2, 0.25) is 0 Å². The fourth-order valence-electron chi connectivity index (χ4n) is 2.23. The standard InChI is InChI=1S/C13H18N2O/c1-9-4-6-12(7-5-9)15-11(3)8-10(2)14-13(15)16/h4-7,10-11H,8H2,1-3H3,(H,14,16). The minimum absolute atomic E-state index is 0.00935. The van der Waals surface area contributed by atoms with Gasteiger partial charge in [0, 0.05) is 17.8 Å². The molecule has 2 atom stereocenters. The monoisotopic (exact) mass is 218 g/mol. The van der Waals surface area contributed by atoms with Crippen LogP contribution >= 0.6 is 0 Å². The van der Waals surface area contributed by atoms with Crippen molar-refractivity contribution in [2.45, 2.75) is 39.3 Å². The fourth-order valence-corrected chi connectivity index (χ4v) is 2.23. The van der Waals surface area contributed by atoms with Gasteiger partial charge in [-0.2, -0.15) is 0 Å². The number of anilines is 1. The van der Waals surface area contributed by atoms with E-state index in [1.165, 1.54) is 5.56 Å². The van der Waals surface area contributed by atoms with Gasteiger partial charge >= 0.3 is 6.03 Å². The molecule has 2 rings (SSSR count). The SMILES string of the molecule is Cc1ccc(N2C(=O)NC(C)CC2C)cc1. The third-order valence-electron chi connectivity index (χ3n) is 3.04. The highest BCUT2D eigenvalue weighted by Crippen LogP contribution is 2.23. The first kappa shape index (κ1) is 11.0. The highest BCUT2D eigenvalue weighted by Gasteiger charge is 2.29. The predicted molar refractivity (Wildman–Crippen MR) is 65.7 cm³/mol. The summed E-state index contributed by atoms with van der Waals surface area (Å²) in [5, 5.41) is 2.96. The molecule has 2 amide bonds. The Morgan fingerprint density at radius 1 is 1.25 bits per heavy atom. The quantitative estimate of drug-likeness (QED) is 0.772. The molecule has 3 nitrogen and oxygen atoms in total. The topological polar surface area (TPSA) is 32.3 Å². The van der Waals surface area contributed by atoms with Gasteiger partial charge in [0.05, 0.1) is 0 Å². The molecule has 1 fully saturated rings. The van der Waals surface area contributed by atoms with Crippen molar-refractivity contribution in [3.8, 4) is 0 Å². The molecular weight excluding hydrogens is 200 g/mol. The molecule has 1 aliphatic heterocycles. The van der Waals surface area contributed by atoms with Crippen LogP contribution in [0.4, 0.5) is 10.5 Å². The van der Waals surface area contributed by atoms with E-state index in [4.69, 9.17) is 0 Å². The Morgan fingerprint density at radius 2 is 1.88 bits per heavy atom. The van der Waals surface area contributed by atoms with Crippen molar-refractivity contribution < 1.29 is 4.79 Å². The number of benzene rings is 1. The lowest BCUT2D eigenvalue weighted by Crippen LogP contribution is -2.55. The van der Waals surface area contributed by atoms with Gasteiger partial charge in [0.2, 0.25) is 0 Å². The summed E-state index contributed by atoms with van der Waals surface area (Å²) in [5.41, 5.74) is 2.18. The van der Waals surface area contributed by atoms with Crippen LogP contribution in [0.5, 0.6) is 0 Å². The Hall–Kier alpha value is -1.51. The molecule has 0 bridgehead atoms. The number of carbonyl (C=O) groups is 1. The number of rotatable bonds is 1. The maximum atomic E-state index is 11.9. The number of nitrogens with one attached hydrogen (secondary N) is 1. The van der Waals surface area contributed by atoms with Crippen molar-refractivity contribution in [3.63, 3.8) is 0 Å². The molecule has 1 heterocycles. The third kappa shape index (κ3) is 2.03. The maximum absolute atomic E-state index is 11.9. The average Bonchev–Trinajstić information content (AvgIpc) is 2.19. The van der Waals surface area contributed by atoms with Crippen molar-refractivity contribution in [2.24, 2.45) is 0 Å². The fraction of sp³-hybridized carbons (Fsp3) is 0.462. The van der Waals surface area contributed by atoms with Crippen LogP contribution in [0.25, 0.3) is 0 Å². The van der Waals surface area contributed by atoms with Crippen LogP contribution < -0.4 is 10.2 Å². The molecule has 0 aromatic heterocycles. The molecule has 1 aromatic carbocycles. The number of carbonyl (C=O) groups excluding carboxylic acids is 1. The van der Waals surface area contributed by atoms with Crippen LogP contribution in [-0.2, 0) is 0 Å². The highest BCUT2D eigenvalue weighted by atomic mass is 16.2. The van der Waals surface area contributed by atoms with Gasteiger partial charge in [-0.05, 0) is 39.3 Å². The summed E-state index contributed by atoms with van der Waals surface area (Å²) < 4.78 is 0. The lowest BCUT2D eigenvalue weighted by Gasteiger charge is -2.37. The number of hydrogen-bond acceptors (Lipinski definition) is 1. The Balaban J connectivity index is 2.25. The number of nitrogens with zero attached hydrogens (tertiary/aromatic N) is 1. The van der Waals surface area contributed by atoms with E-state index < -0.39 is 0 Å². The van der Waals surface area contributed by atoms with Crippen LogP contribution in [-0.4, -0.2) is 18.1 Å². The normalized spacial score (nSPS) is 25.4. The Morgan fingerprint density at radius 3 is 2.44 bits per heavy atom. The van der Waals surface area contributed by atoms with E-state index in [0.717, 1.165) is 12.1 Å². The van der Waals surface area contributed by atoms with Gasteiger partial charge in [0.1, 0.15) is 0 Å². The van der Waals surface area contributed by atoms with Gasteiger partial charge in [-0.3, -0.25) is 4.90 Å². The Bertz CT molecular complexity index is 385. The van der Waals surface area contributed by atoms with Crippen molar-refractivity contribution in [2.75, 3.05) is 4.90 Å². The molecule has 1 aromatic rings. The van der Waals surface area contributed by atoms with E-state index in [2.05, 4.69) is 12.2 Å². The van der Waals surface area contributed by atoms with Gasteiger partial charge in [0.25, 0.3) is 0 Å². The summed E-state index contributed by atoms with van der Waals surface area (Å²) in [7, 11) is 0. The molecule has 16 heavy (non-hydrogen) atoms. The van der Waals surface area contributed by atoms with Crippen LogP contribution in [0.3, 0.4) is 0 Å². The summed E-state index contributed by atoms with van der Waals surface area (Å²) in [6, 6.07) is 8.61. The van der Waals surface area contributed by atoms with Crippen LogP contribution in [0.1, 0.15) is 25.8 Å². The molecule has 0 spiro atoms. The summed E-state index contributed by atoms with van der Waals surface area (Å²) in [5.74, 6) is 0. The number of aryl methyl sites for hydroxylation is 1. The molecule has 1 saturated heterocycles. The first-order chi connectivity index (χ1) is 7.58. The van der Waals surface area contributed by atoms with Crippen molar-refractivity contribution in [3.05, 3.63) is 29.8 Å².